The molecule has 0 unspecified atom stereocenters. The molecule has 2 saturated heterocycles. The third-order valence-electron chi connectivity index (χ3n) is 5.19. The summed E-state index contributed by atoms with van der Waals surface area (Å²) in [5.41, 5.74) is -0.513. The molecule has 0 aliphatic carbocycles. The summed E-state index contributed by atoms with van der Waals surface area (Å²) in [6, 6.07) is 0. The van der Waals surface area contributed by atoms with Crippen molar-refractivity contribution in [2.45, 2.75) is 13.3 Å². The fourth-order valence-corrected chi connectivity index (χ4v) is 3.89. The average molecular weight is 338 g/mol. The second-order valence-corrected chi connectivity index (χ2v) is 6.58. The van der Waals surface area contributed by atoms with E-state index in [1.165, 1.54) is 6.33 Å². The van der Waals surface area contributed by atoms with E-state index in [1.54, 1.807) is 12.0 Å². The number of aromatic nitrogens is 2. The van der Waals surface area contributed by atoms with Gasteiger partial charge in [0.25, 0.3) is 0 Å². The third-order valence-corrected chi connectivity index (χ3v) is 5.19. The number of nitrogens with zero attached hydrogens (tertiary/aromatic N) is 4. The van der Waals surface area contributed by atoms with Gasteiger partial charge in [0.05, 0.1) is 12.3 Å². The largest absolute Gasteiger partial charge is 0.481 e. The molecule has 3 rings (SSSR count). The van der Waals surface area contributed by atoms with Gasteiger partial charge in [0.2, 0.25) is 0 Å². The number of methoxy groups -OCH3 is 1. The van der Waals surface area contributed by atoms with Crippen LogP contribution >= 0.6 is 0 Å². The maximum Gasteiger partial charge on any atom is 0.313 e. The fourth-order valence-electron chi connectivity index (χ4n) is 3.89. The van der Waals surface area contributed by atoms with Crippen LogP contribution in [0, 0.1) is 17.2 Å². The molecule has 2 aliphatic heterocycles. The van der Waals surface area contributed by atoms with Gasteiger partial charge in [-0.3, -0.25) is 9.69 Å². The van der Waals surface area contributed by atoms with Crippen LogP contribution in [0.1, 0.15) is 12.6 Å². The average Bonchev–Trinajstić information content (AvgIpc) is 3.08. The van der Waals surface area contributed by atoms with Crippen LogP contribution in [0.4, 0.5) is 10.2 Å². The van der Waals surface area contributed by atoms with Gasteiger partial charge < -0.3 is 14.7 Å². The number of aryl methyl sites for hydroxylation is 1. The van der Waals surface area contributed by atoms with Gasteiger partial charge in [-0.05, 0) is 6.42 Å². The van der Waals surface area contributed by atoms with Crippen LogP contribution in [-0.2, 0) is 16.0 Å². The number of hydrogen-bond donors (Lipinski definition) is 1. The Morgan fingerprint density at radius 3 is 2.88 bits per heavy atom. The van der Waals surface area contributed by atoms with Crippen molar-refractivity contribution in [2.24, 2.45) is 11.3 Å². The van der Waals surface area contributed by atoms with Crippen molar-refractivity contribution in [3.8, 4) is 0 Å². The summed E-state index contributed by atoms with van der Waals surface area (Å²) >= 11 is 0. The van der Waals surface area contributed by atoms with Crippen LogP contribution in [-0.4, -0.2) is 72.4 Å². The molecule has 8 heteroatoms. The smallest absolute Gasteiger partial charge is 0.313 e. The number of fused-ring (bicyclic) bond motifs is 1. The van der Waals surface area contributed by atoms with Crippen molar-refractivity contribution in [3.63, 3.8) is 0 Å². The lowest BCUT2D eigenvalue weighted by Gasteiger charge is -2.26. The molecule has 3 heterocycles. The standard InChI is InChI=1S/C16H23FN4O3/c1-3-12-13(17)14(19-10-18-12)21-7-11-6-20(4-5-24-2)8-16(11,9-21)15(22)23/h10-11H,3-9H2,1-2H3,(H,22,23)/t11-,16-/m1/s1. The Bertz CT molecular complexity index is 629. The summed E-state index contributed by atoms with van der Waals surface area (Å²) in [5, 5.41) is 9.84. The fraction of sp³-hybridized carbons (Fsp3) is 0.688. The van der Waals surface area contributed by atoms with Crippen molar-refractivity contribution in [1.82, 2.24) is 14.9 Å². The maximum atomic E-state index is 14.5. The highest BCUT2D eigenvalue weighted by atomic mass is 19.1. The number of halogens is 1. The minimum atomic E-state index is -0.877. The number of hydrogen-bond acceptors (Lipinski definition) is 6. The Morgan fingerprint density at radius 1 is 1.46 bits per heavy atom. The summed E-state index contributed by atoms with van der Waals surface area (Å²) in [6.45, 7) is 5.02. The highest BCUT2D eigenvalue weighted by molar-refractivity contribution is 5.78. The normalized spacial score (nSPS) is 26.8. The molecule has 0 bridgehead atoms. The van der Waals surface area contributed by atoms with Crippen LogP contribution in [0.3, 0.4) is 0 Å². The molecular weight excluding hydrogens is 315 g/mol. The lowest BCUT2D eigenvalue weighted by molar-refractivity contribution is -0.148. The zero-order valence-corrected chi connectivity index (χ0v) is 14.0. The number of carboxylic acids is 1. The molecule has 7 nitrogen and oxygen atoms in total. The number of carbonyl (C=O) groups is 1. The molecular formula is C16H23FN4O3. The molecule has 2 aliphatic rings. The Balaban J connectivity index is 1.82. The molecule has 0 radical (unpaired) electrons. The molecule has 1 aromatic heterocycles. The zero-order chi connectivity index (χ0) is 17.3. The number of carboxylic acid groups (broad SMARTS) is 1. The molecule has 24 heavy (non-hydrogen) atoms. The van der Waals surface area contributed by atoms with Crippen molar-refractivity contribution in [1.29, 1.82) is 0 Å². The van der Waals surface area contributed by atoms with Gasteiger partial charge in [0.1, 0.15) is 11.7 Å². The Morgan fingerprint density at radius 2 is 2.25 bits per heavy atom. The lowest BCUT2D eigenvalue weighted by Crippen LogP contribution is -2.41. The number of ether oxygens (including phenoxy) is 1. The summed E-state index contributed by atoms with van der Waals surface area (Å²) in [5.74, 6) is -1.08. The minimum absolute atomic E-state index is 0.0497. The van der Waals surface area contributed by atoms with E-state index in [2.05, 4.69) is 14.9 Å². The van der Waals surface area contributed by atoms with Gasteiger partial charge in [-0.25, -0.2) is 14.4 Å². The summed E-state index contributed by atoms with van der Waals surface area (Å²) in [6.07, 6.45) is 1.83. The summed E-state index contributed by atoms with van der Waals surface area (Å²) < 4.78 is 19.6. The Kier molecular flexibility index (Phi) is 4.69. The molecule has 0 saturated carbocycles. The molecule has 1 N–H and O–H groups in total. The monoisotopic (exact) mass is 338 g/mol. The van der Waals surface area contributed by atoms with Crippen LogP contribution < -0.4 is 4.90 Å². The number of anilines is 1. The first-order chi connectivity index (χ1) is 11.5. The SMILES string of the molecule is CCc1ncnc(N2C[C@H]3CN(CCOC)C[C@@]3(C(=O)O)C2)c1F. The highest BCUT2D eigenvalue weighted by Gasteiger charge is 2.58. The maximum absolute atomic E-state index is 14.5. The van der Waals surface area contributed by atoms with Gasteiger partial charge in [0.15, 0.2) is 11.6 Å². The number of aliphatic carboxylic acids is 1. The lowest BCUT2D eigenvalue weighted by atomic mass is 9.81. The molecule has 132 valence electrons. The van der Waals surface area contributed by atoms with E-state index in [9.17, 15) is 14.3 Å². The predicted octanol–water partition coefficient (Wildman–Crippen LogP) is 0.647. The van der Waals surface area contributed by atoms with E-state index in [-0.39, 0.29) is 18.3 Å². The van der Waals surface area contributed by atoms with Crippen molar-refractivity contribution in [3.05, 3.63) is 17.8 Å². The van der Waals surface area contributed by atoms with Crippen molar-refractivity contribution in [2.75, 3.05) is 51.3 Å². The molecule has 1 aromatic rings. The van der Waals surface area contributed by atoms with Gasteiger partial charge in [-0.2, -0.15) is 0 Å². The van der Waals surface area contributed by atoms with E-state index >= 15 is 0 Å². The molecule has 0 aromatic carbocycles. The van der Waals surface area contributed by atoms with Crippen LogP contribution in [0.5, 0.6) is 0 Å². The van der Waals surface area contributed by atoms with Gasteiger partial charge >= 0.3 is 5.97 Å². The van der Waals surface area contributed by atoms with Crippen LogP contribution in [0.2, 0.25) is 0 Å². The minimum Gasteiger partial charge on any atom is -0.481 e. The second kappa shape index (κ2) is 6.60. The summed E-state index contributed by atoms with van der Waals surface area (Å²) in [7, 11) is 1.63. The molecule has 0 amide bonds. The van der Waals surface area contributed by atoms with E-state index in [0.717, 1.165) is 0 Å². The number of likely N-dealkylation sites (tertiary alicyclic amines) is 1. The van der Waals surface area contributed by atoms with Gasteiger partial charge in [-0.1, -0.05) is 6.92 Å². The van der Waals surface area contributed by atoms with Crippen LogP contribution in [0.25, 0.3) is 0 Å². The van der Waals surface area contributed by atoms with E-state index in [4.69, 9.17) is 4.74 Å². The first-order valence-corrected chi connectivity index (χ1v) is 8.20. The van der Waals surface area contributed by atoms with Crippen LogP contribution in [0.15, 0.2) is 6.33 Å². The second-order valence-electron chi connectivity index (χ2n) is 6.58. The van der Waals surface area contributed by atoms with E-state index in [0.29, 0.717) is 44.9 Å². The molecule has 2 fully saturated rings. The van der Waals surface area contributed by atoms with E-state index < -0.39 is 17.2 Å². The van der Waals surface area contributed by atoms with Gasteiger partial charge in [0, 0.05) is 45.8 Å². The highest BCUT2D eigenvalue weighted by Crippen LogP contribution is 2.44. The quantitative estimate of drug-likeness (QED) is 0.816. The Labute approximate surface area is 140 Å². The van der Waals surface area contributed by atoms with Crippen molar-refractivity contribution < 1.29 is 19.0 Å². The molecule has 2 atom stereocenters. The number of rotatable bonds is 6. The first kappa shape index (κ1) is 17.0. The first-order valence-electron chi connectivity index (χ1n) is 8.20. The van der Waals surface area contributed by atoms with Gasteiger partial charge in [-0.15, -0.1) is 0 Å². The topological polar surface area (TPSA) is 78.8 Å². The predicted molar refractivity (Wildman–Crippen MR) is 85.5 cm³/mol. The zero-order valence-electron chi connectivity index (χ0n) is 14.0. The summed E-state index contributed by atoms with van der Waals surface area (Å²) in [4.78, 5) is 23.9. The molecule has 0 spiro atoms. The third kappa shape index (κ3) is 2.73. The Hall–Kier alpha value is -1.80. The van der Waals surface area contributed by atoms with E-state index in [1.807, 2.05) is 6.92 Å². The van der Waals surface area contributed by atoms with Crippen molar-refractivity contribution >= 4 is 11.8 Å².